The summed E-state index contributed by atoms with van der Waals surface area (Å²) < 4.78 is 0. The van der Waals surface area contributed by atoms with Crippen LogP contribution >= 0.6 is 11.6 Å². The molecule has 0 aliphatic heterocycles. The summed E-state index contributed by atoms with van der Waals surface area (Å²) in [6.07, 6.45) is 0.265. The van der Waals surface area contributed by atoms with Gasteiger partial charge in [0.25, 0.3) is 0 Å². The third-order valence-corrected chi connectivity index (χ3v) is 2.84. The molecular formula is C11H9ClO3. The molecule has 0 amide bonds. The highest BCUT2D eigenvalue weighted by Gasteiger charge is 2.30. The molecule has 0 saturated carbocycles. The fourth-order valence-electron chi connectivity index (χ4n) is 1.96. The summed E-state index contributed by atoms with van der Waals surface area (Å²) in [5.74, 6) is -1.10. The van der Waals surface area contributed by atoms with Crippen molar-refractivity contribution in [1.82, 2.24) is 0 Å². The van der Waals surface area contributed by atoms with Crippen molar-refractivity contribution in [2.45, 2.75) is 18.8 Å². The number of carbonyl (C=O) groups excluding carboxylic acids is 1. The van der Waals surface area contributed by atoms with E-state index in [1.807, 2.05) is 0 Å². The van der Waals surface area contributed by atoms with E-state index in [2.05, 4.69) is 0 Å². The van der Waals surface area contributed by atoms with Gasteiger partial charge in [0.15, 0.2) is 5.78 Å². The molecule has 3 nitrogen and oxygen atoms in total. The number of benzene rings is 1. The van der Waals surface area contributed by atoms with Crippen molar-refractivity contribution in [3.05, 3.63) is 34.3 Å². The van der Waals surface area contributed by atoms with Crippen molar-refractivity contribution in [2.24, 2.45) is 0 Å². The van der Waals surface area contributed by atoms with Crippen LogP contribution in [0, 0.1) is 0 Å². The Morgan fingerprint density at radius 3 is 2.93 bits per heavy atom. The Bertz CT molecular complexity index is 437. The predicted octanol–water partition coefficient (Wildman–Crippen LogP) is 2.48. The number of ketones is 1. The number of fused-ring (bicyclic) bond motifs is 1. The Balaban J connectivity index is 2.39. The van der Waals surface area contributed by atoms with E-state index in [4.69, 9.17) is 16.7 Å². The number of aliphatic carboxylic acids is 1. The van der Waals surface area contributed by atoms with Gasteiger partial charge in [-0.25, -0.2) is 0 Å². The molecule has 1 aromatic rings. The minimum Gasteiger partial charge on any atom is -0.481 e. The van der Waals surface area contributed by atoms with Gasteiger partial charge in [-0.1, -0.05) is 11.6 Å². The molecule has 0 fully saturated rings. The fourth-order valence-corrected chi connectivity index (χ4v) is 2.14. The summed E-state index contributed by atoms with van der Waals surface area (Å²) in [6, 6.07) is 5.01. The highest BCUT2D eigenvalue weighted by Crippen LogP contribution is 2.36. The molecule has 4 heteroatoms. The summed E-state index contributed by atoms with van der Waals surface area (Å²) >= 11 is 5.81. The average molecular weight is 225 g/mol. The molecule has 15 heavy (non-hydrogen) atoms. The van der Waals surface area contributed by atoms with Crippen LogP contribution in [0.25, 0.3) is 0 Å². The SMILES string of the molecule is O=C(O)C[C@@H]1CC(=O)c2ccc(Cl)cc21. The summed E-state index contributed by atoms with van der Waals surface area (Å²) in [7, 11) is 0. The second-order valence-electron chi connectivity index (χ2n) is 3.65. The molecule has 0 spiro atoms. The lowest BCUT2D eigenvalue weighted by Gasteiger charge is -2.06. The standard InChI is InChI=1S/C11H9ClO3/c12-7-1-2-8-9(5-7)6(3-10(8)13)4-11(14)15/h1-2,5-6H,3-4H2,(H,14,15)/t6-/m0/s1. The van der Waals surface area contributed by atoms with Gasteiger partial charge in [-0.2, -0.15) is 0 Å². The van der Waals surface area contributed by atoms with Crippen molar-refractivity contribution >= 4 is 23.4 Å². The molecule has 0 heterocycles. The molecule has 0 bridgehead atoms. The fraction of sp³-hybridized carbons (Fsp3) is 0.273. The maximum Gasteiger partial charge on any atom is 0.303 e. The highest BCUT2D eigenvalue weighted by atomic mass is 35.5. The molecule has 2 rings (SSSR count). The van der Waals surface area contributed by atoms with Gasteiger partial charge in [-0.15, -0.1) is 0 Å². The molecule has 1 atom stereocenters. The number of carbonyl (C=O) groups is 2. The third-order valence-electron chi connectivity index (χ3n) is 2.61. The normalized spacial score (nSPS) is 19.0. The quantitative estimate of drug-likeness (QED) is 0.840. The van der Waals surface area contributed by atoms with Crippen molar-refractivity contribution in [3.8, 4) is 0 Å². The maximum absolute atomic E-state index is 11.5. The van der Waals surface area contributed by atoms with E-state index in [0.29, 0.717) is 10.6 Å². The lowest BCUT2D eigenvalue weighted by molar-refractivity contribution is -0.137. The predicted molar refractivity (Wildman–Crippen MR) is 55.4 cm³/mol. The first-order valence-electron chi connectivity index (χ1n) is 4.62. The maximum atomic E-state index is 11.5. The van der Waals surface area contributed by atoms with Crippen molar-refractivity contribution in [3.63, 3.8) is 0 Å². The number of halogens is 1. The topological polar surface area (TPSA) is 54.4 Å². The van der Waals surface area contributed by atoms with E-state index in [-0.39, 0.29) is 24.5 Å². The molecule has 78 valence electrons. The molecule has 1 aromatic carbocycles. The van der Waals surface area contributed by atoms with Crippen molar-refractivity contribution < 1.29 is 14.7 Å². The van der Waals surface area contributed by atoms with E-state index in [9.17, 15) is 9.59 Å². The van der Waals surface area contributed by atoms with E-state index in [1.165, 1.54) is 0 Å². The monoisotopic (exact) mass is 224 g/mol. The summed E-state index contributed by atoms with van der Waals surface area (Å²) in [6.45, 7) is 0. The van der Waals surface area contributed by atoms with E-state index < -0.39 is 5.97 Å². The molecule has 1 aliphatic carbocycles. The Kier molecular flexibility index (Phi) is 2.49. The zero-order chi connectivity index (χ0) is 11.0. The number of Topliss-reactive ketones (excluding diaryl/α,β-unsaturated/α-hetero) is 1. The van der Waals surface area contributed by atoms with Gasteiger partial charge in [-0.3, -0.25) is 9.59 Å². The molecule has 0 unspecified atom stereocenters. The minimum absolute atomic E-state index is 0.00733. The van der Waals surface area contributed by atoms with Crippen LogP contribution in [0.2, 0.25) is 5.02 Å². The van der Waals surface area contributed by atoms with Crippen LogP contribution in [0.3, 0.4) is 0 Å². The Morgan fingerprint density at radius 1 is 1.53 bits per heavy atom. The summed E-state index contributed by atoms with van der Waals surface area (Å²) in [5, 5.41) is 9.25. The van der Waals surface area contributed by atoms with Crippen LogP contribution in [-0.4, -0.2) is 16.9 Å². The van der Waals surface area contributed by atoms with E-state index in [1.54, 1.807) is 18.2 Å². The molecule has 0 saturated heterocycles. The van der Waals surface area contributed by atoms with Gasteiger partial charge in [0.2, 0.25) is 0 Å². The van der Waals surface area contributed by atoms with Gasteiger partial charge >= 0.3 is 5.97 Å². The first-order valence-corrected chi connectivity index (χ1v) is 5.00. The molecule has 1 N–H and O–H groups in total. The highest BCUT2D eigenvalue weighted by molar-refractivity contribution is 6.30. The molecule has 1 aliphatic rings. The zero-order valence-electron chi connectivity index (χ0n) is 7.87. The van der Waals surface area contributed by atoms with Crippen LogP contribution < -0.4 is 0 Å². The van der Waals surface area contributed by atoms with Crippen LogP contribution in [0.15, 0.2) is 18.2 Å². The number of carboxylic acids is 1. The zero-order valence-corrected chi connectivity index (χ0v) is 8.62. The third kappa shape index (κ3) is 1.88. The second-order valence-corrected chi connectivity index (χ2v) is 4.09. The molecular weight excluding hydrogens is 216 g/mol. The smallest absolute Gasteiger partial charge is 0.303 e. The molecule has 0 radical (unpaired) electrons. The van der Waals surface area contributed by atoms with Crippen molar-refractivity contribution in [2.75, 3.05) is 0 Å². The number of hydrogen-bond acceptors (Lipinski definition) is 2. The summed E-state index contributed by atoms with van der Waals surface area (Å²) in [4.78, 5) is 22.1. The number of hydrogen-bond donors (Lipinski definition) is 1. The number of rotatable bonds is 2. The minimum atomic E-state index is -0.888. The first-order chi connectivity index (χ1) is 7.08. The summed E-state index contributed by atoms with van der Waals surface area (Å²) in [5.41, 5.74) is 1.39. The Labute approximate surface area is 91.7 Å². The lowest BCUT2D eigenvalue weighted by atomic mass is 9.98. The molecule has 0 aromatic heterocycles. The largest absolute Gasteiger partial charge is 0.481 e. The van der Waals surface area contributed by atoms with Crippen LogP contribution in [0.1, 0.15) is 34.7 Å². The van der Waals surface area contributed by atoms with Gasteiger partial charge in [0.05, 0.1) is 6.42 Å². The van der Waals surface area contributed by atoms with Gasteiger partial charge in [0, 0.05) is 22.9 Å². The number of carboxylic acid groups (broad SMARTS) is 1. The van der Waals surface area contributed by atoms with Gasteiger partial charge in [0.1, 0.15) is 0 Å². The van der Waals surface area contributed by atoms with Gasteiger partial charge in [-0.05, 0) is 23.8 Å². The lowest BCUT2D eigenvalue weighted by Crippen LogP contribution is -2.03. The van der Waals surface area contributed by atoms with E-state index >= 15 is 0 Å². The van der Waals surface area contributed by atoms with Gasteiger partial charge < -0.3 is 5.11 Å². The van der Waals surface area contributed by atoms with Crippen molar-refractivity contribution in [1.29, 1.82) is 0 Å². The van der Waals surface area contributed by atoms with E-state index in [0.717, 1.165) is 5.56 Å². The van der Waals surface area contributed by atoms with Crippen LogP contribution in [0.4, 0.5) is 0 Å². The Morgan fingerprint density at radius 2 is 2.27 bits per heavy atom. The first kappa shape index (κ1) is 10.2. The Hall–Kier alpha value is -1.35. The average Bonchev–Trinajstić information content (AvgIpc) is 2.42. The van der Waals surface area contributed by atoms with Crippen LogP contribution in [-0.2, 0) is 4.79 Å². The van der Waals surface area contributed by atoms with Crippen LogP contribution in [0.5, 0.6) is 0 Å². The second kappa shape index (κ2) is 3.66.